The number of phenolic OH excluding ortho intramolecular Hbond substituents is 3. The van der Waals surface area contributed by atoms with Gasteiger partial charge in [-0.3, -0.25) is 4.79 Å². The zero-order chi connectivity index (χ0) is 22.4. The molecule has 0 radical (unpaired) electrons. The van der Waals surface area contributed by atoms with E-state index in [9.17, 15) is 25.2 Å². The van der Waals surface area contributed by atoms with Gasteiger partial charge in [0.15, 0.2) is 5.76 Å². The monoisotopic (exact) mass is 428 g/mol. The van der Waals surface area contributed by atoms with Crippen molar-refractivity contribution in [2.45, 2.75) is 39.3 Å². The molecule has 0 saturated carbocycles. The maximum atomic E-state index is 13.3. The topological polar surface area (TPSA) is 130 Å². The second-order valence-electron chi connectivity index (χ2n) is 8.01. The van der Waals surface area contributed by atoms with E-state index in [1.807, 2.05) is 13.8 Å². The van der Waals surface area contributed by atoms with Crippen LogP contribution in [-0.4, -0.2) is 38.9 Å². The Morgan fingerprint density at radius 2 is 1.61 bits per heavy atom. The molecule has 0 spiro atoms. The molecule has 31 heavy (non-hydrogen) atoms. The minimum absolute atomic E-state index is 0.0207. The van der Waals surface area contributed by atoms with Crippen molar-refractivity contribution in [3.05, 3.63) is 46.6 Å². The quantitative estimate of drug-likeness (QED) is 0.500. The Morgan fingerprint density at radius 3 is 2.29 bits per heavy atom. The van der Waals surface area contributed by atoms with Gasteiger partial charge in [0.05, 0.1) is 12.2 Å². The molecule has 5 atom stereocenters. The summed E-state index contributed by atoms with van der Waals surface area (Å²) in [5.41, 5.74) is -0.212. The van der Waals surface area contributed by atoms with Crippen molar-refractivity contribution < 1.29 is 34.3 Å². The van der Waals surface area contributed by atoms with Gasteiger partial charge in [-0.05, 0) is 37.1 Å². The van der Waals surface area contributed by atoms with Gasteiger partial charge in [0, 0.05) is 23.6 Å². The number of fused-ring (bicyclic) bond motifs is 1. The van der Waals surface area contributed by atoms with Crippen LogP contribution in [0.1, 0.15) is 20.8 Å². The molecule has 2 heterocycles. The number of benzene rings is 2. The predicted octanol–water partition coefficient (Wildman–Crippen LogP) is 3.33. The van der Waals surface area contributed by atoms with Gasteiger partial charge in [-0.25, -0.2) is 0 Å². The molecule has 4 rings (SSSR count). The fraction of sp³-hybridized carbons (Fsp3) is 0.348. The Bertz CT molecular complexity index is 1170. The lowest BCUT2D eigenvalue weighted by Gasteiger charge is -2.41. The third kappa shape index (κ3) is 3.68. The van der Waals surface area contributed by atoms with Crippen LogP contribution in [0.2, 0.25) is 0 Å². The normalized spacial score (nSPS) is 26.1. The number of hydrogen-bond acceptors (Lipinski definition) is 8. The summed E-state index contributed by atoms with van der Waals surface area (Å²) in [4.78, 5) is 13.3. The molecular formula is C23H24O8. The molecule has 8 heteroatoms. The molecule has 4 unspecified atom stereocenters. The molecule has 0 bridgehead atoms. The lowest BCUT2D eigenvalue weighted by Crippen LogP contribution is -2.50. The van der Waals surface area contributed by atoms with Crippen LogP contribution in [0, 0.1) is 11.8 Å². The Balaban J connectivity index is 1.90. The van der Waals surface area contributed by atoms with Gasteiger partial charge in [-0.2, -0.15) is 0 Å². The zero-order valence-electron chi connectivity index (χ0n) is 17.3. The largest absolute Gasteiger partial charge is 0.508 e. The average molecular weight is 428 g/mol. The Kier molecular flexibility index (Phi) is 5.28. The highest BCUT2D eigenvalue weighted by molar-refractivity contribution is 5.88. The second-order valence-corrected chi connectivity index (χ2v) is 8.01. The van der Waals surface area contributed by atoms with Gasteiger partial charge in [-0.15, -0.1) is 0 Å². The number of phenols is 3. The highest BCUT2D eigenvalue weighted by Crippen LogP contribution is 2.38. The number of aromatic hydroxyl groups is 3. The van der Waals surface area contributed by atoms with Gasteiger partial charge in [0.1, 0.15) is 28.2 Å². The average Bonchev–Trinajstić information content (AvgIpc) is 2.72. The van der Waals surface area contributed by atoms with Gasteiger partial charge in [-0.1, -0.05) is 13.8 Å². The summed E-state index contributed by atoms with van der Waals surface area (Å²) in [7, 11) is 0. The number of aliphatic hydroxyl groups is 1. The Labute approximate surface area is 177 Å². The Morgan fingerprint density at radius 1 is 0.935 bits per heavy atom. The molecular weight excluding hydrogens is 404 g/mol. The van der Waals surface area contributed by atoms with E-state index in [1.165, 1.54) is 18.2 Å². The van der Waals surface area contributed by atoms with Crippen LogP contribution in [0.5, 0.6) is 23.0 Å². The van der Waals surface area contributed by atoms with Crippen LogP contribution in [0.4, 0.5) is 0 Å². The predicted molar refractivity (Wildman–Crippen MR) is 112 cm³/mol. The summed E-state index contributed by atoms with van der Waals surface area (Å²) in [6.45, 7) is 5.45. The van der Waals surface area contributed by atoms with Crippen LogP contribution in [-0.2, 0) is 4.74 Å². The van der Waals surface area contributed by atoms with Gasteiger partial charge < -0.3 is 34.3 Å². The summed E-state index contributed by atoms with van der Waals surface area (Å²) in [6, 6.07) is 8.24. The summed E-state index contributed by atoms with van der Waals surface area (Å²) >= 11 is 0. The molecule has 0 amide bonds. The highest BCUT2D eigenvalue weighted by atomic mass is 16.7. The molecule has 1 aliphatic rings. The van der Waals surface area contributed by atoms with Crippen LogP contribution in [0.25, 0.3) is 22.3 Å². The van der Waals surface area contributed by atoms with Crippen molar-refractivity contribution in [1.82, 2.24) is 0 Å². The molecule has 0 aliphatic carbocycles. The van der Waals surface area contributed by atoms with Crippen LogP contribution >= 0.6 is 0 Å². The number of aliphatic hydroxyl groups excluding tert-OH is 1. The van der Waals surface area contributed by atoms with E-state index in [0.717, 1.165) is 6.07 Å². The first-order valence-electron chi connectivity index (χ1n) is 9.99. The van der Waals surface area contributed by atoms with Crippen molar-refractivity contribution >= 4 is 11.0 Å². The van der Waals surface area contributed by atoms with Gasteiger partial charge >= 0.3 is 0 Å². The third-order valence-electron chi connectivity index (χ3n) is 5.91. The van der Waals surface area contributed by atoms with E-state index in [0.29, 0.717) is 5.56 Å². The van der Waals surface area contributed by atoms with E-state index in [2.05, 4.69) is 0 Å². The lowest BCUT2D eigenvalue weighted by atomic mass is 9.85. The van der Waals surface area contributed by atoms with Crippen LogP contribution in [0.3, 0.4) is 0 Å². The maximum Gasteiger partial charge on any atom is 0.239 e. The molecule has 1 fully saturated rings. The standard InChI is InChI=1S/C23H24O8/c1-10-11(2)23(29-12(3)19(10)27)31-22-20(28)18-16(26)8-15(25)9-17(18)30-21(22)13-4-6-14(24)7-5-13/h4-12,19,23-27H,1-3H3/t10?,11?,12?,19?,23-/m0/s1. The van der Waals surface area contributed by atoms with E-state index in [1.54, 1.807) is 19.1 Å². The fourth-order valence-corrected chi connectivity index (χ4v) is 3.83. The smallest absolute Gasteiger partial charge is 0.239 e. The minimum atomic E-state index is -0.844. The van der Waals surface area contributed by atoms with Crippen molar-refractivity contribution in [3.8, 4) is 34.3 Å². The van der Waals surface area contributed by atoms with Gasteiger partial charge in [0.25, 0.3) is 0 Å². The van der Waals surface area contributed by atoms with Crippen molar-refractivity contribution in [2.75, 3.05) is 0 Å². The summed E-state index contributed by atoms with van der Waals surface area (Å²) < 4.78 is 17.7. The SMILES string of the molecule is CC1O[C@@H](Oc2c(-c3ccc(O)cc3)oc3cc(O)cc(O)c3c2=O)C(C)C(C)C1O. The fourth-order valence-electron chi connectivity index (χ4n) is 3.83. The number of rotatable bonds is 3. The van der Waals surface area contributed by atoms with Crippen LogP contribution < -0.4 is 10.2 Å². The first kappa shape index (κ1) is 21.0. The molecule has 164 valence electrons. The molecule has 8 nitrogen and oxygen atoms in total. The van der Waals surface area contributed by atoms with E-state index < -0.39 is 29.7 Å². The molecule has 1 saturated heterocycles. The molecule has 4 N–H and O–H groups in total. The molecule has 2 aromatic carbocycles. The van der Waals surface area contributed by atoms with Gasteiger partial charge in [0.2, 0.25) is 17.5 Å². The van der Waals surface area contributed by atoms with Crippen molar-refractivity contribution in [2.24, 2.45) is 11.8 Å². The summed E-state index contributed by atoms with van der Waals surface area (Å²) in [5.74, 6) is -1.19. The zero-order valence-corrected chi connectivity index (χ0v) is 17.3. The highest BCUT2D eigenvalue weighted by Gasteiger charge is 2.40. The third-order valence-corrected chi connectivity index (χ3v) is 5.91. The number of hydrogen-bond donors (Lipinski definition) is 4. The molecule has 1 aromatic heterocycles. The Hall–Kier alpha value is -3.23. The van der Waals surface area contributed by atoms with E-state index in [4.69, 9.17) is 13.9 Å². The first-order valence-corrected chi connectivity index (χ1v) is 9.99. The molecule has 1 aliphatic heterocycles. The second kappa shape index (κ2) is 7.79. The van der Waals surface area contributed by atoms with Crippen molar-refractivity contribution in [3.63, 3.8) is 0 Å². The number of ether oxygens (including phenoxy) is 2. The van der Waals surface area contributed by atoms with Crippen LogP contribution in [0.15, 0.2) is 45.6 Å². The minimum Gasteiger partial charge on any atom is -0.508 e. The van der Waals surface area contributed by atoms with E-state index in [-0.39, 0.29) is 45.8 Å². The lowest BCUT2D eigenvalue weighted by molar-refractivity contribution is -0.226. The summed E-state index contributed by atoms with van der Waals surface area (Å²) in [5, 5.41) is 39.8. The van der Waals surface area contributed by atoms with E-state index >= 15 is 0 Å². The maximum absolute atomic E-state index is 13.3. The first-order chi connectivity index (χ1) is 14.7. The summed E-state index contributed by atoms with van der Waals surface area (Å²) in [6.07, 6.45) is -2.03. The molecule has 3 aromatic rings. The van der Waals surface area contributed by atoms with Crippen molar-refractivity contribution in [1.29, 1.82) is 0 Å².